The van der Waals surface area contributed by atoms with E-state index in [9.17, 15) is 13.2 Å². The number of benzene rings is 1. The lowest BCUT2D eigenvalue weighted by Gasteiger charge is -2.21. The van der Waals surface area contributed by atoms with Gasteiger partial charge in [0.1, 0.15) is 11.9 Å². The molecular formula is C18H25N5O3S. The number of carbonyl (C=O) groups is 1. The maximum absolute atomic E-state index is 12.6. The molecule has 0 spiro atoms. The van der Waals surface area contributed by atoms with E-state index in [1.807, 2.05) is 11.5 Å². The zero-order valence-electron chi connectivity index (χ0n) is 15.8. The van der Waals surface area contributed by atoms with Crippen molar-refractivity contribution < 1.29 is 13.2 Å². The molecule has 1 aromatic heterocycles. The van der Waals surface area contributed by atoms with Crippen LogP contribution in [0.15, 0.2) is 29.2 Å². The average Bonchev–Trinajstić information content (AvgIpc) is 3.22. The van der Waals surface area contributed by atoms with Crippen molar-refractivity contribution in [2.45, 2.75) is 57.6 Å². The van der Waals surface area contributed by atoms with E-state index in [1.54, 1.807) is 26.0 Å². The number of hydrogen-bond donors (Lipinski definition) is 2. The smallest absolute Gasteiger partial charge is 0.241 e. The van der Waals surface area contributed by atoms with Crippen LogP contribution >= 0.6 is 0 Å². The second-order valence-corrected chi connectivity index (χ2v) is 8.88. The van der Waals surface area contributed by atoms with Crippen LogP contribution in [0.4, 0.5) is 0 Å². The predicted molar refractivity (Wildman–Crippen MR) is 100 cm³/mol. The Morgan fingerprint density at radius 3 is 2.59 bits per heavy atom. The van der Waals surface area contributed by atoms with E-state index in [0.717, 1.165) is 30.8 Å². The van der Waals surface area contributed by atoms with Crippen LogP contribution < -0.4 is 10.0 Å². The van der Waals surface area contributed by atoms with Crippen molar-refractivity contribution in [3.8, 4) is 0 Å². The molecule has 0 bridgehead atoms. The molecule has 9 heteroatoms. The number of amides is 1. The van der Waals surface area contributed by atoms with E-state index in [2.05, 4.69) is 20.2 Å². The first-order chi connectivity index (χ1) is 12.8. The minimum atomic E-state index is -3.79. The highest BCUT2D eigenvalue weighted by molar-refractivity contribution is 7.89. The van der Waals surface area contributed by atoms with Gasteiger partial charge in [0.15, 0.2) is 5.82 Å². The number of aryl methyl sites for hydroxylation is 2. The SMILES string of the molecule is Cc1ccc(S(=O)(=O)NC(C(=O)NCc2nnc3n2CCC3)C(C)C)cc1. The summed E-state index contributed by atoms with van der Waals surface area (Å²) in [6.45, 7) is 6.56. The quantitative estimate of drug-likeness (QED) is 0.736. The normalized spacial score (nSPS) is 15.0. The minimum absolute atomic E-state index is 0.141. The fraction of sp³-hybridized carbons (Fsp3) is 0.500. The van der Waals surface area contributed by atoms with Crippen LogP contribution in [0.25, 0.3) is 0 Å². The van der Waals surface area contributed by atoms with Crippen molar-refractivity contribution in [1.82, 2.24) is 24.8 Å². The summed E-state index contributed by atoms with van der Waals surface area (Å²) in [5, 5.41) is 11.0. The summed E-state index contributed by atoms with van der Waals surface area (Å²) in [6.07, 6.45) is 1.92. The van der Waals surface area contributed by atoms with Gasteiger partial charge in [0, 0.05) is 13.0 Å². The lowest BCUT2D eigenvalue weighted by atomic mass is 10.1. The Morgan fingerprint density at radius 2 is 1.93 bits per heavy atom. The lowest BCUT2D eigenvalue weighted by molar-refractivity contribution is -0.123. The van der Waals surface area contributed by atoms with Crippen LogP contribution in [0.3, 0.4) is 0 Å². The molecular weight excluding hydrogens is 366 g/mol. The summed E-state index contributed by atoms with van der Waals surface area (Å²) in [4.78, 5) is 12.8. The van der Waals surface area contributed by atoms with Crippen LogP contribution in [0.2, 0.25) is 0 Å². The third kappa shape index (κ3) is 4.36. The van der Waals surface area contributed by atoms with E-state index in [-0.39, 0.29) is 23.3 Å². The van der Waals surface area contributed by atoms with Gasteiger partial charge in [-0.3, -0.25) is 4.79 Å². The Morgan fingerprint density at radius 1 is 1.22 bits per heavy atom. The van der Waals surface area contributed by atoms with Crippen LogP contribution in [-0.2, 0) is 34.3 Å². The first-order valence-electron chi connectivity index (χ1n) is 9.05. The highest BCUT2D eigenvalue weighted by atomic mass is 32.2. The van der Waals surface area contributed by atoms with Gasteiger partial charge in [0.2, 0.25) is 15.9 Å². The van der Waals surface area contributed by atoms with E-state index in [1.165, 1.54) is 12.1 Å². The molecule has 2 N–H and O–H groups in total. The van der Waals surface area contributed by atoms with Crippen molar-refractivity contribution in [1.29, 1.82) is 0 Å². The fourth-order valence-electron chi connectivity index (χ4n) is 3.06. The first-order valence-corrected chi connectivity index (χ1v) is 10.5. The molecule has 146 valence electrons. The third-order valence-electron chi connectivity index (χ3n) is 4.67. The second-order valence-electron chi connectivity index (χ2n) is 7.16. The van der Waals surface area contributed by atoms with Gasteiger partial charge >= 0.3 is 0 Å². The lowest BCUT2D eigenvalue weighted by Crippen LogP contribution is -2.49. The monoisotopic (exact) mass is 391 g/mol. The zero-order chi connectivity index (χ0) is 19.6. The molecule has 2 heterocycles. The molecule has 2 aromatic rings. The topological polar surface area (TPSA) is 106 Å². The molecule has 1 atom stereocenters. The molecule has 0 aliphatic carbocycles. The average molecular weight is 391 g/mol. The molecule has 1 amide bonds. The Labute approximate surface area is 159 Å². The molecule has 1 aromatic carbocycles. The summed E-state index contributed by atoms with van der Waals surface area (Å²) < 4.78 is 29.8. The zero-order valence-corrected chi connectivity index (χ0v) is 16.6. The van der Waals surface area contributed by atoms with Crippen LogP contribution in [0.5, 0.6) is 0 Å². The van der Waals surface area contributed by atoms with Crippen molar-refractivity contribution in [3.05, 3.63) is 41.5 Å². The maximum Gasteiger partial charge on any atom is 0.241 e. The first kappa shape index (κ1) is 19.5. The van der Waals surface area contributed by atoms with E-state index in [4.69, 9.17) is 0 Å². The van der Waals surface area contributed by atoms with Crippen LogP contribution in [0.1, 0.15) is 37.5 Å². The predicted octanol–water partition coefficient (Wildman–Crippen LogP) is 1.15. The van der Waals surface area contributed by atoms with E-state index < -0.39 is 16.1 Å². The number of nitrogens with one attached hydrogen (secondary N) is 2. The number of aromatic nitrogens is 3. The molecule has 8 nitrogen and oxygen atoms in total. The van der Waals surface area contributed by atoms with Gasteiger partial charge < -0.3 is 9.88 Å². The van der Waals surface area contributed by atoms with Crippen LogP contribution in [-0.4, -0.2) is 35.1 Å². The Hall–Kier alpha value is -2.26. The van der Waals surface area contributed by atoms with Crippen molar-refractivity contribution in [2.24, 2.45) is 5.92 Å². The molecule has 0 saturated heterocycles. The Balaban J connectivity index is 1.69. The minimum Gasteiger partial charge on any atom is -0.347 e. The van der Waals surface area contributed by atoms with E-state index >= 15 is 0 Å². The molecule has 1 unspecified atom stereocenters. The number of carbonyl (C=O) groups excluding carboxylic acids is 1. The summed E-state index contributed by atoms with van der Waals surface area (Å²) in [5.41, 5.74) is 0.966. The second kappa shape index (κ2) is 7.77. The highest BCUT2D eigenvalue weighted by Gasteiger charge is 2.28. The molecule has 3 rings (SSSR count). The van der Waals surface area contributed by atoms with Gasteiger partial charge in [-0.2, -0.15) is 4.72 Å². The van der Waals surface area contributed by atoms with Gasteiger partial charge in [-0.05, 0) is 31.4 Å². The van der Waals surface area contributed by atoms with Crippen molar-refractivity contribution in [3.63, 3.8) is 0 Å². The van der Waals surface area contributed by atoms with Gasteiger partial charge in [-0.25, -0.2) is 8.42 Å². The standard InChI is InChI=1S/C18H25N5O3S/c1-12(2)17(22-27(25,26)14-8-6-13(3)7-9-14)18(24)19-11-16-21-20-15-5-4-10-23(15)16/h6-9,12,17,22H,4-5,10-11H2,1-3H3,(H,19,24). The Kier molecular flexibility index (Phi) is 5.61. The molecule has 0 saturated carbocycles. The van der Waals surface area contributed by atoms with Crippen molar-refractivity contribution >= 4 is 15.9 Å². The van der Waals surface area contributed by atoms with Crippen molar-refractivity contribution in [2.75, 3.05) is 0 Å². The number of rotatable bonds is 7. The Bertz CT molecular complexity index is 919. The number of sulfonamides is 1. The number of nitrogens with zero attached hydrogens (tertiary/aromatic N) is 3. The van der Waals surface area contributed by atoms with E-state index in [0.29, 0.717) is 5.82 Å². The van der Waals surface area contributed by atoms with Gasteiger partial charge in [0.05, 0.1) is 11.4 Å². The van der Waals surface area contributed by atoms with Gasteiger partial charge in [0.25, 0.3) is 0 Å². The summed E-state index contributed by atoms with van der Waals surface area (Å²) in [5.74, 6) is 1.03. The summed E-state index contributed by atoms with van der Waals surface area (Å²) in [6, 6.07) is 5.64. The summed E-state index contributed by atoms with van der Waals surface area (Å²) in [7, 11) is -3.79. The number of fused-ring (bicyclic) bond motifs is 1. The van der Waals surface area contributed by atoms with Crippen LogP contribution in [0, 0.1) is 12.8 Å². The maximum atomic E-state index is 12.6. The highest BCUT2D eigenvalue weighted by Crippen LogP contribution is 2.15. The number of hydrogen-bond acceptors (Lipinski definition) is 5. The molecule has 1 aliphatic heterocycles. The molecule has 0 fully saturated rings. The molecule has 1 aliphatic rings. The summed E-state index contributed by atoms with van der Waals surface area (Å²) >= 11 is 0. The van der Waals surface area contributed by atoms with Gasteiger partial charge in [-0.1, -0.05) is 31.5 Å². The van der Waals surface area contributed by atoms with Gasteiger partial charge in [-0.15, -0.1) is 10.2 Å². The largest absolute Gasteiger partial charge is 0.347 e. The molecule has 0 radical (unpaired) electrons. The molecule has 27 heavy (non-hydrogen) atoms. The fourth-order valence-corrected chi connectivity index (χ4v) is 4.41. The third-order valence-corrected chi connectivity index (χ3v) is 6.13.